The number of guanidine groups is 1. The van der Waals surface area contributed by atoms with E-state index in [1.165, 1.54) is 11.1 Å². The number of nitrogens with zero attached hydrogens (tertiary/aromatic N) is 5. The van der Waals surface area contributed by atoms with Crippen LogP contribution in [0, 0.1) is 0 Å². The van der Waals surface area contributed by atoms with Crippen molar-refractivity contribution in [3.05, 3.63) is 71.7 Å². The highest BCUT2D eigenvalue weighted by Crippen LogP contribution is 2.25. The number of hydrogen-bond donors (Lipinski definition) is 2. The van der Waals surface area contributed by atoms with Crippen molar-refractivity contribution in [3.63, 3.8) is 0 Å². The Morgan fingerprint density at radius 2 is 1.97 bits per heavy atom. The van der Waals surface area contributed by atoms with Gasteiger partial charge in [-0.1, -0.05) is 24.3 Å². The van der Waals surface area contributed by atoms with Crippen molar-refractivity contribution in [2.24, 2.45) is 4.99 Å². The van der Waals surface area contributed by atoms with E-state index in [1.54, 1.807) is 12.6 Å². The molecule has 0 saturated carbocycles. The van der Waals surface area contributed by atoms with E-state index in [0.717, 1.165) is 63.1 Å². The molecule has 178 valence electrons. The number of benzene rings is 1. The van der Waals surface area contributed by atoms with Gasteiger partial charge in [-0.15, -0.1) is 24.0 Å². The van der Waals surface area contributed by atoms with E-state index in [9.17, 15) is 0 Å². The fraction of sp³-hybridized carbons (Fsp3) is 0.458. The molecule has 0 aliphatic carbocycles. The molecule has 2 N–H and O–H groups in total. The molecule has 1 saturated heterocycles. The average molecular weight is 563 g/mol. The lowest BCUT2D eigenvalue weighted by Gasteiger charge is -2.33. The predicted molar refractivity (Wildman–Crippen MR) is 140 cm³/mol. The maximum atomic E-state index is 5.49. The molecule has 0 unspecified atom stereocenters. The number of rotatable bonds is 8. The molecule has 1 fully saturated rings. The lowest BCUT2D eigenvalue weighted by atomic mass is 9.96. The number of halogens is 1. The number of aliphatic imine (C=N–C) groups is 1. The van der Waals surface area contributed by atoms with E-state index in [0.29, 0.717) is 12.5 Å². The Bertz CT molecular complexity index is 967. The molecule has 3 aromatic rings. The molecule has 0 bridgehead atoms. The molecule has 8 nitrogen and oxygen atoms in total. The molecule has 0 spiro atoms. The van der Waals surface area contributed by atoms with E-state index in [2.05, 4.69) is 68.5 Å². The Balaban J connectivity index is 0.00000306. The van der Waals surface area contributed by atoms with Crippen LogP contribution in [0.3, 0.4) is 0 Å². The number of aromatic amines is 1. The summed E-state index contributed by atoms with van der Waals surface area (Å²) in [6.45, 7) is 7.20. The minimum atomic E-state index is 0. The van der Waals surface area contributed by atoms with Crippen LogP contribution < -0.4 is 5.32 Å². The number of likely N-dealkylation sites (tertiary alicyclic amines) is 1. The third kappa shape index (κ3) is 7.04. The standard InChI is InChI=1S/C24H33N7O.HI/c1-3-25-24(31-12-10-19(11-13-31)23-27-18-28-29-23)26-15-20-7-4-5-8-21(20)16-30(2)17-22-9-6-14-32-22;/h4-9,14,18-19H,3,10-13,15-17H2,1-2H3,(H,25,26)(H,27,28,29);1H. The number of furan rings is 1. The number of aromatic nitrogens is 3. The minimum Gasteiger partial charge on any atom is -0.468 e. The highest BCUT2D eigenvalue weighted by atomic mass is 127. The second-order valence-corrected chi connectivity index (χ2v) is 8.32. The summed E-state index contributed by atoms with van der Waals surface area (Å²) in [5.41, 5.74) is 2.55. The third-order valence-corrected chi connectivity index (χ3v) is 5.91. The van der Waals surface area contributed by atoms with Crippen LogP contribution in [0.5, 0.6) is 0 Å². The van der Waals surface area contributed by atoms with Crippen LogP contribution >= 0.6 is 24.0 Å². The van der Waals surface area contributed by atoms with Crippen LogP contribution in [-0.4, -0.2) is 57.6 Å². The topological polar surface area (TPSA) is 85.6 Å². The first kappa shape index (κ1) is 25.2. The van der Waals surface area contributed by atoms with Crippen molar-refractivity contribution in [2.45, 2.75) is 45.3 Å². The summed E-state index contributed by atoms with van der Waals surface area (Å²) >= 11 is 0. The number of H-pyrrole nitrogens is 1. The quantitative estimate of drug-likeness (QED) is 0.245. The van der Waals surface area contributed by atoms with Crippen LogP contribution in [0.25, 0.3) is 0 Å². The van der Waals surface area contributed by atoms with E-state index >= 15 is 0 Å². The molecule has 1 aliphatic rings. The van der Waals surface area contributed by atoms with Gasteiger partial charge in [0, 0.05) is 32.1 Å². The second-order valence-electron chi connectivity index (χ2n) is 8.32. The normalized spacial score (nSPS) is 15.0. The van der Waals surface area contributed by atoms with Crippen molar-refractivity contribution in [1.29, 1.82) is 0 Å². The van der Waals surface area contributed by atoms with Gasteiger partial charge in [0.15, 0.2) is 5.96 Å². The largest absolute Gasteiger partial charge is 0.468 e. The lowest BCUT2D eigenvalue weighted by Crippen LogP contribution is -2.45. The van der Waals surface area contributed by atoms with Gasteiger partial charge in [-0.3, -0.25) is 10.00 Å². The van der Waals surface area contributed by atoms with E-state index < -0.39 is 0 Å². The number of piperidine rings is 1. The van der Waals surface area contributed by atoms with Gasteiger partial charge in [0.2, 0.25) is 0 Å². The third-order valence-electron chi connectivity index (χ3n) is 5.91. The fourth-order valence-electron chi connectivity index (χ4n) is 4.24. The van der Waals surface area contributed by atoms with Crippen molar-refractivity contribution in [3.8, 4) is 0 Å². The summed E-state index contributed by atoms with van der Waals surface area (Å²) in [7, 11) is 2.12. The molecule has 1 aliphatic heterocycles. The Morgan fingerprint density at radius 1 is 1.18 bits per heavy atom. The lowest BCUT2D eigenvalue weighted by molar-refractivity contribution is 0.287. The Kier molecular flexibility index (Phi) is 9.74. The minimum absolute atomic E-state index is 0. The van der Waals surface area contributed by atoms with Gasteiger partial charge in [-0.2, -0.15) is 5.10 Å². The number of hydrogen-bond acceptors (Lipinski definition) is 5. The monoisotopic (exact) mass is 563 g/mol. The average Bonchev–Trinajstić information content (AvgIpc) is 3.52. The van der Waals surface area contributed by atoms with Crippen LogP contribution in [-0.2, 0) is 19.6 Å². The SMILES string of the molecule is CCNC(=NCc1ccccc1CN(C)Cc1ccco1)N1CCC(c2ncn[nH]2)CC1.I. The molecule has 4 rings (SSSR count). The van der Waals surface area contributed by atoms with Crippen LogP contribution in [0.4, 0.5) is 0 Å². The maximum Gasteiger partial charge on any atom is 0.194 e. The van der Waals surface area contributed by atoms with Gasteiger partial charge >= 0.3 is 0 Å². The Morgan fingerprint density at radius 3 is 2.64 bits per heavy atom. The van der Waals surface area contributed by atoms with Crippen LogP contribution in [0.2, 0.25) is 0 Å². The van der Waals surface area contributed by atoms with Crippen molar-refractivity contribution < 1.29 is 4.42 Å². The molecule has 3 heterocycles. The highest BCUT2D eigenvalue weighted by Gasteiger charge is 2.24. The summed E-state index contributed by atoms with van der Waals surface area (Å²) < 4.78 is 5.49. The van der Waals surface area contributed by atoms with E-state index in [-0.39, 0.29) is 24.0 Å². The van der Waals surface area contributed by atoms with Gasteiger partial charge in [0.25, 0.3) is 0 Å². The molecule has 33 heavy (non-hydrogen) atoms. The molecular weight excluding hydrogens is 529 g/mol. The summed E-state index contributed by atoms with van der Waals surface area (Å²) in [5.74, 6) is 3.41. The first-order valence-corrected chi connectivity index (χ1v) is 11.4. The molecule has 9 heteroatoms. The Labute approximate surface area is 212 Å². The summed E-state index contributed by atoms with van der Waals surface area (Å²) in [6, 6.07) is 12.5. The summed E-state index contributed by atoms with van der Waals surface area (Å²) in [4.78, 5) is 14.0. The molecule has 1 aromatic carbocycles. The number of nitrogens with one attached hydrogen (secondary N) is 2. The molecular formula is C24H34IN7O. The maximum absolute atomic E-state index is 5.49. The van der Waals surface area contributed by atoms with Crippen molar-refractivity contribution >= 4 is 29.9 Å². The summed E-state index contributed by atoms with van der Waals surface area (Å²) in [6.07, 6.45) is 5.42. The van der Waals surface area contributed by atoms with E-state index in [4.69, 9.17) is 9.41 Å². The molecule has 2 aromatic heterocycles. The molecule has 0 radical (unpaired) electrons. The van der Waals surface area contributed by atoms with Crippen molar-refractivity contribution in [2.75, 3.05) is 26.7 Å². The first-order valence-electron chi connectivity index (χ1n) is 11.4. The highest BCUT2D eigenvalue weighted by molar-refractivity contribution is 14.0. The van der Waals surface area contributed by atoms with Gasteiger partial charge in [0.05, 0.1) is 19.4 Å². The van der Waals surface area contributed by atoms with Gasteiger partial charge in [-0.25, -0.2) is 9.98 Å². The van der Waals surface area contributed by atoms with Gasteiger partial charge in [0.1, 0.15) is 17.9 Å². The summed E-state index contributed by atoms with van der Waals surface area (Å²) in [5, 5.41) is 10.5. The smallest absolute Gasteiger partial charge is 0.194 e. The second kappa shape index (κ2) is 12.7. The zero-order valence-corrected chi connectivity index (χ0v) is 21.7. The Hall–Kier alpha value is -2.40. The van der Waals surface area contributed by atoms with Gasteiger partial charge < -0.3 is 14.6 Å². The molecule has 0 atom stereocenters. The van der Waals surface area contributed by atoms with Crippen molar-refractivity contribution in [1.82, 2.24) is 30.3 Å². The van der Waals surface area contributed by atoms with Gasteiger partial charge in [-0.05, 0) is 50.1 Å². The first-order chi connectivity index (χ1) is 15.7. The van der Waals surface area contributed by atoms with Crippen LogP contribution in [0.1, 0.15) is 48.4 Å². The zero-order chi connectivity index (χ0) is 22.2. The zero-order valence-electron chi connectivity index (χ0n) is 19.4. The predicted octanol–water partition coefficient (Wildman–Crippen LogP) is 3.99. The molecule has 0 amide bonds. The fourth-order valence-corrected chi connectivity index (χ4v) is 4.24. The van der Waals surface area contributed by atoms with E-state index in [1.807, 2.05) is 12.1 Å². The van der Waals surface area contributed by atoms with Crippen LogP contribution in [0.15, 0.2) is 58.4 Å².